The highest BCUT2D eigenvalue weighted by Crippen LogP contribution is 2.43. The van der Waals surface area contributed by atoms with Crippen molar-refractivity contribution in [3.8, 4) is 11.8 Å². The van der Waals surface area contributed by atoms with Gasteiger partial charge in [-0.05, 0) is 36.6 Å². The highest BCUT2D eigenvalue weighted by atomic mass is 35.5. The van der Waals surface area contributed by atoms with E-state index in [0.717, 1.165) is 75.3 Å². The Balaban J connectivity index is 0.00000193. The Labute approximate surface area is 210 Å². The van der Waals surface area contributed by atoms with E-state index < -0.39 is 5.60 Å². The molecule has 7 heteroatoms. The molecule has 5 nitrogen and oxygen atoms in total. The molecule has 1 aliphatic carbocycles. The van der Waals surface area contributed by atoms with Crippen molar-refractivity contribution in [2.24, 2.45) is 0 Å². The number of aliphatic hydroxyl groups is 1. The maximum absolute atomic E-state index is 11.8. The van der Waals surface area contributed by atoms with E-state index in [1.807, 2.05) is 36.4 Å². The van der Waals surface area contributed by atoms with Crippen molar-refractivity contribution in [2.45, 2.75) is 50.2 Å². The van der Waals surface area contributed by atoms with Gasteiger partial charge in [-0.2, -0.15) is 5.26 Å². The van der Waals surface area contributed by atoms with Gasteiger partial charge in [0, 0.05) is 44.2 Å². The highest BCUT2D eigenvalue weighted by molar-refractivity contribution is 5.85. The summed E-state index contributed by atoms with van der Waals surface area (Å²) in [7, 11) is 0. The number of rotatable bonds is 7. The van der Waals surface area contributed by atoms with Crippen molar-refractivity contribution in [1.82, 2.24) is 10.2 Å². The van der Waals surface area contributed by atoms with Gasteiger partial charge in [0.2, 0.25) is 0 Å². The Morgan fingerprint density at radius 3 is 2.39 bits per heavy atom. The zero-order valence-corrected chi connectivity index (χ0v) is 20.7. The first kappa shape index (κ1) is 27.4. The van der Waals surface area contributed by atoms with Crippen LogP contribution in [0.4, 0.5) is 0 Å². The van der Waals surface area contributed by atoms with Crippen LogP contribution in [0.15, 0.2) is 48.5 Å². The van der Waals surface area contributed by atoms with Crippen LogP contribution in [-0.4, -0.2) is 48.3 Å². The van der Waals surface area contributed by atoms with Gasteiger partial charge < -0.3 is 20.1 Å². The molecule has 2 N–H and O–H groups in total. The maximum atomic E-state index is 11.8. The number of halogens is 2. The van der Waals surface area contributed by atoms with Crippen molar-refractivity contribution in [1.29, 1.82) is 5.26 Å². The Morgan fingerprint density at radius 1 is 1.03 bits per heavy atom. The Hall–Kier alpha value is -1.81. The lowest BCUT2D eigenvalue weighted by Gasteiger charge is -2.43. The van der Waals surface area contributed by atoms with E-state index in [4.69, 9.17) is 4.74 Å². The normalized spacial score (nSPS) is 18.8. The fourth-order valence-corrected chi connectivity index (χ4v) is 4.98. The predicted molar refractivity (Wildman–Crippen MR) is 137 cm³/mol. The molecule has 2 aromatic rings. The SMILES string of the molecule is Cl.Cl.N#Cc1ccc(OCc2ccccc2)c(C(CN2CCNCC2)C2(O)CCCCC2)c1. The van der Waals surface area contributed by atoms with Crippen LogP contribution >= 0.6 is 24.8 Å². The molecule has 0 spiro atoms. The molecule has 0 bridgehead atoms. The second-order valence-electron chi connectivity index (χ2n) is 8.91. The number of nitrogens with zero attached hydrogens (tertiary/aromatic N) is 2. The molecule has 33 heavy (non-hydrogen) atoms. The summed E-state index contributed by atoms with van der Waals surface area (Å²) in [6.07, 6.45) is 4.88. The maximum Gasteiger partial charge on any atom is 0.123 e. The molecule has 0 aromatic heterocycles. The molecule has 0 amide bonds. The van der Waals surface area contributed by atoms with Crippen molar-refractivity contribution < 1.29 is 9.84 Å². The number of hydrogen-bond donors (Lipinski definition) is 2. The predicted octanol–water partition coefficient (Wildman–Crippen LogP) is 4.66. The van der Waals surface area contributed by atoms with E-state index in [1.165, 1.54) is 6.42 Å². The number of ether oxygens (including phenoxy) is 1. The molecule has 1 saturated heterocycles. The van der Waals surface area contributed by atoms with Crippen LogP contribution in [-0.2, 0) is 6.61 Å². The van der Waals surface area contributed by atoms with Gasteiger partial charge in [-0.15, -0.1) is 24.8 Å². The fourth-order valence-electron chi connectivity index (χ4n) is 4.98. The minimum absolute atomic E-state index is 0. The lowest BCUT2D eigenvalue weighted by molar-refractivity contribution is -0.0323. The summed E-state index contributed by atoms with van der Waals surface area (Å²) in [4.78, 5) is 2.44. The summed E-state index contributed by atoms with van der Waals surface area (Å²) in [5.41, 5.74) is 1.93. The summed E-state index contributed by atoms with van der Waals surface area (Å²) < 4.78 is 6.28. The molecule has 1 heterocycles. The third-order valence-electron chi connectivity index (χ3n) is 6.77. The van der Waals surface area contributed by atoms with Crippen molar-refractivity contribution >= 4 is 24.8 Å². The molecule has 1 aliphatic heterocycles. The molecule has 2 aromatic carbocycles. The van der Waals surface area contributed by atoms with Gasteiger partial charge in [-0.3, -0.25) is 0 Å². The third kappa shape index (κ3) is 7.09. The summed E-state index contributed by atoms with van der Waals surface area (Å²) in [5.74, 6) is 0.701. The highest BCUT2D eigenvalue weighted by Gasteiger charge is 2.41. The molecule has 2 fully saturated rings. The van der Waals surface area contributed by atoms with E-state index in [2.05, 4.69) is 28.4 Å². The Morgan fingerprint density at radius 2 is 1.73 bits per heavy atom. The molecule has 1 atom stereocenters. The van der Waals surface area contributed by atoms with Crippen LogP contribution in [0.2, 0.25) is 0 Å². The zero-order chi connectivity index (χ0) is 21.5. The number of hydrogen-bond acceptors (Lipinski definition) is 5. The topological polar surface area (TPSA) is 68.5 Å². The van der Waals surface area contributed by atoms with Crippen LogP contribution in [0, 0.1) is 11.3 Å². The Kier molecular flexibility index (Phi) is 11.0. The first-order valence-electron chi connectivity index (χ1n) is 11.5. The summed E-state index contributed by atoms with van der Waals surface area (Å²) in [6, 6.07) is 18.1. The number of nitriles is 1. The summed E-state index contributed by atoms with van der Waals surface area (Å²) >= 11 is 0. The standard InChI is InChI=1S/C26H33N3O2.2ClH/c27-18-22-9-10-25(31-20-21-7-3-1-4-8-21)23(17-22)24(19-29-15-13-28-14-16-29)26(30)11-5-2-6-12-26;;/h1,3-4,7-10,17,24,28,30H,2,5-6,11-16,19-20H2;2*1H. The average molecular weight is 492 g/mol. The van der Waals surface area contributed by atoms with Crippen LogP contribution in [0.25, 0.3) is 0 Å². The molecule has 180 valence electrons. The van der Waals surface area contributed by atoms with E-state index in [-0.39, 0.29) is 30.7 Å². The van der Waals surface area contributed by atoms with Crippen molar-refractivity contribution in [2.75, 3.05) is 32.7 Å². The van der Waals surface area contributed by atoms with Gasteiger partial charge in [0.05, 0.1) is 17.2 Å². The number of piperazine rings is 1. The van der Waals surface area contributed by atoms with Crippen LogP contribution in [0.3, 0.4) is 0 Å². The molecule has 2 aliphatic rings. The fraction of sp³-hybridized carbons (Fsp3) is 0.500. The second kappa shape index (κ2) is 13.2. The average Bonchev–Trinajstić information content (AvgIpc) is 2.83. The van der Waals surface area contributed by atoms with Crippen LogP contribution < -0.4 is 10.1 Å². The lowest BCUT2D eigenvalue weighted by Crippen LogP contribution is -2.49. The number of nitrogens with one attached hydrogen (secondary N) is 1. The van der Waals surface area contributed by atoms with E-state index in [0.29, 0.717) is 12.2 Å². The molecular formula is C26H35Cl2N3O2. The van der Waals surface area contributed by atoms with Gasteiger partial charge in [0.15, 0.2) is 0 Å². The minimum atomic E-state index is -0.762. The van der Waals surface area contributed by atoms with E-state index in [1.54, 1.807) is 0 Å². The van der Waals surface area contributed by atoms with Gasteiger partial charge >= 0.3 is 0 Å². The van der Waals surface area contributed by atoms with Crippen molar-refractivity contribution in [3.05, 3.63) is 65.2 Å². The van der Waals surface area contributed by atoms with Gasteiger partial charge in [0.1, 0.15) is 12.4 Å². The second-order valence-corrected chi connectivity index (χ2v) is 8.91. The lowest BCUT2D eigenvalue weighted by atomic mass is 9.72. The smallest absolute Gasteiger partial charge is 0.123 e. The zero-order valence-electron chi connectivity index (χ0n) is 19.0. The van der Waals surface area contributed by atoms with E-state index >= 15 is 0 Å². The van der Waals surface area contributed by atoms with Gasteiger partial charge in [0.25, 0.3) is 0 Å². The molecule has 1 saturated carbocycles. The first-order valence-corrected chi connectivity index (χ1v) is 11.5. The Bertz CT molecular complexity index is 892. The quantitative estimate of drug-likeness (QED) is 0.588. The first-order chi connectivity index (χ1) is 15.2. The largest absolute Gasteiger partial charge is 0.489 e. The van der Waals surface area contributed by atoms with Crippen LogP contribution in [0.5, 0.6) is 5.75 Å². The van der Waals surface area contributed by atoms with Crippen LogP contribution in [0.1, 0.15) is 54.7 Å². The van der Waals surface area contributed by atoms with Crippen molar-refractivity contribution in [3.63, 3.8) is 0 Å². The minimum Gasteiger partial charge on any atom is -0.489 e. The summed E-state index contributed by atoms with van der Waals surface area (Å²) in [5, 5.41) is 24.8. The molecule has 4 rings (SSSR count). The third-order valence-corrected chi connectivity index (χ3v) is 6.77. The molecule has 1 unspecified atom stereocenters. The molecule has 0 radical (unpaired) electrons. The molecular weight excluding hydrogens is 457 g/mol. The van der Waals surface area contributed by atoms with Gasteiger partial charge in [-0.1, -0.05) is 49.6 Å². The van der Waals surface area contributed by atoms with E-state index in [9.17, 15) is 10.4 Å². The monoisotopic (exact) mass is 491 g/mol. The van der Waals surface area contributed by atoms with Gasteiger partial charge in [-0.25, -0.2) is 0 Å². The summed E-state index contributed by atoms with van der Waals surface area (Å²) in [6.45, 7) is 5.16. The number of benzene rings is 2.